The van der Waals surface area contributed by atoms with Gasteiger partial charge in [-0.15, -0.1) is 0 Å². The van der Waals surface area contributed by atoms with Gasteiger partial charge in [-0.25, -0.2) is 0 Å². The van der Waals surface area contributed by atoms with Crippen LogP contribution in [0.2, 0.25) is 0 Å². The van der Waals surface area contributed by atoms with Crippen molar-refractivity contribution in [1.82, 2.24) is 0 Å². The standard InChI is InChI=1S/C25H18O6/c26-19-8-13(9-20(27)24(19)30)16-5-6-17-15-4-2-1-3-12(15)7-18(17)23(16)14-10-21(28)25(31)22(29)11-14/h1-6,8-11,26-31H,7H2. The number of benzene rings is 4. The van der Waals surface area contributed by atoms with Crippen molar-refractivity contribution in [2.45, 2.75) is 6.42 Å². The zero-order valence-electron chi connectivity index (χ0n) is 16.2. The molecule has 0 radical (unpaired) electrons. The van der Waals surface area contributed by atoms with Crippen LogP contribution in [0.3, 0.4) is 0 Å². The number of hydrogen-bond donors (Lipinski definition) is 6. The highest BCUT2D eigenvalue weighted by Crippen LogP contribution is 2.50. The summed E-state index contributed by atoms with van der Waals surface area (Å²) in [5, 5.41) is 59.9. The summed E-state index contributed by atoms with van der Waals surface area (Å²) in [5.74, 6) is -3.10. The number of aromatic hydroxyl groups is 6. The molecule has 0 bridgehead atoms. The van der Waals surface area contributed by atoms with Crippen LogP contribution in [0.25, 0.3) is 33.4 Å². The Hall–Kier alpha value is -4.32. The molecule has 0 unspecified atom stereocenters. The maximum Gasteiger partial charge on any atom is 0.200 e. The summed E-state index contributed by atoms with van der Waals surface area (Å²) in [7, 11) is 0. The third-order valence-electron chi connectivity index (χ3n) is 5.73. The van der Waals surface area contributed by atoms with E-state index in [0.717, 1.165) is 22.3 Å². The molecule has 31 heavy (non-hydrogen) atoms. The molecule has 0 saturated heterocycles. The average molecular weight is 414 g/mol. The Bertz CT molecular complexity index is 1330. The van der Waals surface area contributed by atoms with Gasteiger partial charge in [-0.2, -0.15) is 0 Å². The first kappa shape index (κ1) is 18.7. The maximum atomic E-state index is 10.1. The molecule has 1 aliphatic rings. The number of hydrogen-bond acceptors (Lipinski definition) is 6. The van der Waals surface area contributed by atoms with Crippen LogP contribution in [0.15, 0.2) is 60.7 Å². The minimum atomic E-state index is -0.612. The van der Waals surface area contributed by atoms with E-state index in [1.807, 2.05) is 36.4 Å². The molecule has 154 valence electrons. The molecule has 0 amide bonds. The first-order valence-corrected chi connectivity index (χ1v) is 9.60. The van der Waals surface area contributed by atoms with Gasteiger partial charge in [0.25, 0.3) is 0 Å². The predicted molar refractivity (Wildman–Crippen MR) is 116 cm³/mol. The van der Waals surface area contributed by atoms with Gasteiger partial charge in [0.05, 0.1) is 0 Å². The summed E-state index contributed by atoms with van der Waals surface area (Å²) in [5.41, 5.74) is 6.32. The van der Waals surface area contributed by atoms with Crippen molar-refractivity contribution < 1.29 is 30.6 Å². The lowest BCUT2D eigenvalue weighted by atomic mass is 9.87. The Balaban J connectivity index is 1.84. The van der Waals surface area contributed by atoms with Gasteiger partial charge in [0, 0.05) is 0 Å². The van der Waals surface area contributed by atoms with Crippen molar-refractivity contribution in [3.05, 3.63) is 71.8 Å². The van der Waals surface area contributed by atoms with Gasteiger partial charge < -0.3 is 30.6 Å². The van der Waals surface area contributed by atoms with Crippen LogP contribution >= 0.6 is 0 Å². The molecule has 5 rings (SSSR count). The minimum absolute atomic E-state index is 0.439. The van der Waals surface area contributed by atoms with Crippen molar-refractivity contribution in [3.63, 3.8) is 0 Å². The third kappa shape index (κ3) is 2.80. The van der Waals surface area contributed by atoms with Gasteiger partial charge in [-0.05, 0) is 75.2 Å². The van der Waals surface area contributed by atoms with Crippen molar-refractivity contribution in [1.29, 1.82) is 0 Å². The van der Waals surface area contributed by atoms with E-state index in [0.29, 0.717) is 28.7 Å². The molecule has 1 aliphatic carbocycles. The van der Waals surface area contributed by atoms with Gasteiger partial charge in [0.15, 0.2) is 34.5 Å². The Morgan fingerprint density at radius 1 is 0.516 bits per heavy atom. The van der Waals surface area contributed by atoms with E-state index in [9.17, 15) is 30.6 Å². The van der Waals surface area contributed by atoms with Crippen LogP contribution in [-0.2, 0) is 6.42 Å². The van der Waals surface area contributed by atoms with Gasteiger partial charge >= 0.3 is 0 Å². The summed E-state index contributed by atoms with van der Waals surface area (Å²) in [6.45, 7) is 0. The second-order valence-corrected chi connectivity index (χ2v) is 7.57. The molecular weight excluding hydrogens is 396 g/mol. The third-order valence-corrected chi connectivity index (χ3v) is 5.73. The summed E-state index contributed by atoms with van der Waals surface area (Å²) < 4.78 is 0. The monoisotopic (exact) mass is 414 g/mol. The van der Waals surface area contributed by atoms with E-state index in [-0.39, 0.29) is 0 Å². The van der Waals surface area contributed by atoms with Crippen LogP contribution in [0.5, 0.6) is 34.5 Å². The SMILES string of the molecule is Oc1cc(-c2ccc3c(c2-c2cc(O)c(O)c(O)c2)Cc2ccccc2-3)cc(O)c1O. The fraction of sp³-hybridized carbons (Fsp3) is 0.0400. The second-order valence-electron chi connectivity index (χ2n) is 7.57. The number of phenolic OH excluding ortho intramolecular Hbond substituents is 6. The van der Waals surface area contributed by atoms with E-state index in [2.05, 4.69) is 0 Å². The molecule has 0 fully saturated rings. The average Bonchev–Trinajstić information content (AvgIpc) is 3.13. The highest BCUT2D eigenvalue weighted by Gasteiger charge is 2.26. The van der Waals surface area contributed by atoms with Crippen LogP contribution < -0.4 is 0 Å². The van der Waals surface area contributed by atoms with Gasteiger partial charge in [-0.3, -0.25) is 0 Å². The van der Waals surface area contributed by atoms with Crippen molar-refractivity contribution in [3.8, 4) is 67.9 Å². The number of rotatable bonds is 2. The molecule has 0 heterocycles. The molecule has 6 heteroatoms. The van der Waals surface area contributed by atoms with Crippen LogP contribution in [0.4, 0.5) is 0 Å². The Kier molecular flexibility index (Phi) is 3.98. The highest BCUT2D eigenvalue weighted by atomic mass is 16.3. The van der Waals surface area contributed by atoms with Crippen molar-refractivity contribution in [2.24, 2.45) is 0 Å². The smallest absolute Gasteiger partial charge is 0.200 e. The zero-order valence-corrected chi connectivity index (χ0v) is 16.2. The Morgan fingerprint density at radius 2 is 1.03 bits per heavy atom. The molecule has 0 saturated carbocycles. The van der Waals surface area contributed by atoms with Crippen LogP contribution in [-0.4, -0.2) is 30.6 Å². The predicted octanol–water partition coefficient (Wildman–Crippen LogP) is 4.83. The summed E-state index contributed by atoms with van der Waals surface area (Å²) >= 11 is 0. The molecule has 0 aliphatic heterocycles. The zero-order chi connectivity index (χ0) is 21.9. The van der Waals surface area contributed by atoms with Gasteiger partial charge in [0.2, 0.25) is 0 Å². The Labute approximate surface area is 177 Å². The quantitative estimate of drug-likeness (QED) is 0.230. The van der Waals surface area contributed by atoms with E-state index in [1.165, 1.54) is 24.3 Å². The fourth-order valence-electron chi connectivity index (χ4n) is 4.29. The van der Waals surface area contributed by atoms with E-state index in [4.69, 9.17) is 0 Å². The van der Waals surface area contributed by atoms with E-state index < -0.39 is 34.5 Å². The molecule has 6 N–H and O–H groups in total. The molecule has 0 atom stereocenters. The van der Waals surface area contributed by atoms with Crippen molar-refractivity contribution in [2.75, 3.05) is 0 Å². The van der Waals surface area contributed by atoms with Crippen molar-refractivity contribution >= 4 is 0 Å². The van der Waals surface area contributed by atoms with Gasteiger partial charge in [0.1, 0.15) is 0 Å². The first-order valence-electron chi connectivity index (χ1n) is 9.60. The van der Waals surface area contributed by atoms with Gasteiger partial charge in [-0.1, -0.05) is 36.4 Å². The normalized spacial score (nSPS) is 11.9. The maximum absolute atomic E-state index is 10.1. The first-order chi connectivity index (χ1) is 14.8. The molecule has 0 spiro atoms. The largest absolute Gasteiger partial charge is 0.504 e. The summed E-state index contributed by atoms with van der Waals surface area (Å²) in [4.78, 5) is 0. The highest BCUT2D eigenvalue weighted by molar-refractivity contribution is 5.95. The fourth-order valence-corrected chi connectivity index (χ4v) is 4.29. The lowest BCUT2D eigenvalue weighted by Gasteiger charge is -2.17. The van der Waals surface area contributed by atoms with E-state index in [1.54, 1.807) is 0 Å². The molecular formula is C25H18O6. The lowest BCUT2D eigenvalue weighted by Crippen LogP contribution is -1.93. The van der Waals surface area contributed by atoms with Crippen LogP contribution in [0.1, 0.15) is 11.1 Å². The van der Waals surface area contributed by atoms with Crippen LogP contribution in [0, 0.1) is 0 Å². The Morgan fingerprint density at radius 3 is 1.65 bits per heavy atom. The number of fused-ring (bicyclic) bond motifs is 3. The summed E-state index contributed by atoms with van der Waals surface area (Å²) in [6, 6.07) is 17.1. The number of phenols is 6. The second kappa shape index (κ2) is 6.60. The molecule has 4 aromatic rings. The minimum Gasteiger partial charge on any atom is -0.504 e. The molecule has 0 aromatic heterocycles. The molecule has 4 aromatic carbocycles. The lowest BCUT2D eigenvalue weighted by molar-refractivity contribution is 0.368. The summed E-state index contributed by atoms with van der Waals surface area (Å²) in [6.07, 6.45) is 0.604. The topological polar surface area (TPSA) is 121 Å². The van der Waals surface area contributed by atoms with E-state index >= 15 is 0 Å². The molecule has 6 nitrogen and oxygen atoms in total.